The molecule has 7 heteroatoms. The van der Waals surface area contributed by atoms with Crippen molar-refractivity contribution in [2.45, 2.75) is 39.2 Å². The lowest BCUT2D eigenvalue weighted by atomic mass is 9.99. The normalized spacial score (nSPS) is 14.4. The standard InChI is InChI=1S/C14H19F3N2O2/c1-3-9(2)12(18)13(20)19-8-10-4-6-11(7-5-10)21-14(15,16)17/h4-7,9,12H,3,8,18H2,1-2H3,(H,19,20)/t9-,12-/m0/s1. The molecule has 21 heavy (non-hydrogen) atoms. The molecule has 0 radical (unpaired) electrons. The summed E-state index contributed by atoms with van der Waals surface area (Å²) in [5, 5.41) is 2.65. The summed E-state index contributed by atoms with van der Waals surface area (Å²) in [6, 6.07) is 4.71. The van der Waals surface area contributed by atoms with Crippen LogP contribution in [0.25, 0.3) is 0 Å². The van der Waals surface area contributed by atoms with Gasteiger partial charge in [0, 0.05) is 6.54 Å². The molecule has 0 heterocycles. The fraction of sp³-hybridized carbons (Fsp3) is 0.500. The second-order valence-corrected chi connectivity index (χ2v) is 4.82. The fourth-order valence-electron chi connectivity index (χ4n) is 1.63. The van der Waals surface area contributed by atoms with Gasteiger partial charge in [-0.3, -0.25) is 4.79 Å². The van der Waals surface area contributed by atoms with E-state index >= 15 is 0 Å². The summed E-state index contributed by atoms with van der Waals surface area (Å²) >= 11 is 0. The molecular formula is C14H19F3N2O2. The van der Waals surface area contributed by atoms with Crippen molar-refractivity contribution in [1.82, 2.24) is 5.32 Å². The Labute approximate surface area is 121 Å². The predicted octanol–water partition coefficient (Wildman–Crippen LogP) is 2.57. The number of carbonyl (C=O) groups is 1. The SMILES string of the molecule is CC[C@H](C)[C@H](N)C(=O)NCc1ccc(OC(F)(F)F)cc1. The number of hydrogen-bond acceptors (Lipinski definition) is 3. The number of nitrogens with one attached hydrogen (secondary N) is 1. The summed E-state index contributed by atoms with van der Waals surface area (Å²) in [6.45, 7) is 4.03. The van der Waals surface area contributed by atoms with Crippen LogP contribution in [0.4, 0.5) is 13.2 Å². The van der Waals surface area contributed by atoms with Gasteiger partial charge in [-0.2, -0.15) is 0 Å². The zero-order valence-electron chi connectivity index (χ0n) is 11.9. The maximum atomic E-state index is 12.0. The van der Waals surface area contributed by atoms with Crippen molar-refractivity contribution < 1.29 is 22.7 Å². The molecular weight excluding hydrogens is 285 g/mol. The lowest BCUT2D eigenvalue weighted by Gasteiger charge is -2.17. The number of amides is 1. The first-order valence-corrected chi connectivity index (χ1v) is 6.61. The highest BCUT2D eigenvalue weighted by Gasteiger charge is 2.30. The Morgan fingerprint density at radius 2 is 1.90 bits per heavy atom. The number of alkyl halides is 3. The quantitative estimate of drug-likeness (QED) is 0.849. The van der Waals surface area contributed by atoms with Crippen molar-refractivity contribution in [2.24, 2.45) is 11.7 Å². The predicted molar refractivity (Wildman–Crippen MR) is 72.4 cm³/mol. The van der Waals surface area contributed by atoms with Crippen molar-refractivity contribution in [3.05, 3.63) is 29.8 Å². The summed E-state index contributed by atoms with van der Waals surface area (Å²) in [5.41, 5.74) is 6.43. The average Bonchev–Trinajstić information content (AvgIpc) is 2.42. The Balaban J connectivity index is 2.51. The maximum Gasteiger partial charge on any atom is 0.573 e. The van der Waals surface area contributed by atoms with E-state index in [9.17, 15) is 18.0 Å². The summed E-state index contributed by atoms with van der Waals surface area (Å²) in [4.78, 5) is 11.8. The number of benzene rings is 1. The van der Waals surface area contributed by atoms with E-state index < -0.39 is 12.4 Å². The molecule has 4 nitrogen and oxygen atoms in total. The number of nitrogens with two attached hydrogens (primary N) is 1. The van der Waals surface area contributed by atoms with Crippen LogP contribution in [0.2, 0.25) is 0 Å². The summed E-state index contributed by atoms with van der Waals surface area (Å²) in [6.07, 6.45) is -3.92. The molecule has 118 valence electrons. The first-order chi connectivity index (χ1) is 9.73. The van der Waals surface area contributed by atoms with E-state index in [1.165, 1.54) is 24.3 Å². The topological polar surface area (TPSA) is 64.4 Å². The van der Waals surface area contributed by atoms with Crippen LogP contribution in [0.5, 0.6) is 5.75 Å². The van der Waals surface area contributed by atoms with E-state index in [0.29, 0.717) is 5.56 Å². The Morgan fingerprint density at radius 3 is 2.38 bits per heavy atom. The molecule has 1 aromatic carbocycles. The van der Waals surface area contributed by atoms with Crippen LogP contribution in [0, 0.1) is 5.92 Å². The first kappa shape index (κ1) is 17.3. The smallest absolute Gasteiger partial charge is 0.406 e. The molecule has 0 unspecified atom stereocenters. The van der Waals surface area contributed by atoms with Gasteiger partial charge in [0.05, 0.1) is 6.04 Å². The van der Waals surface area contributed by atoms with Crippen molar-refractivity contribution in [3.63, 3.8) is 0 Å². The molecule has 2 atom stereocenters. The minimum absolute atomic E-state index is 0.0626. The van der Waals surface area contributed by atoms with Gasteiger partial charge in [0.1, 0.15) is 5.75 Å². The van der Waals surface area contributed by atoms with Gasteiger partial charge in [0.25, 0.3) is 0 Å². The second-order valence-electron chi connectivity index (χ2n) is 4.82. The minimum Gasteiger partial charge on any atom is -0.406 e. The van der Waals surface area contributed by atoms with Crippen LogP contribution in [0.3, 0.4) is 0 Å². The van der Waals surface area contributed by atoms with Gasteiger partial charge >= 0.3 is 6.36 Å². The Morgan fingerprint density at radius 1 is 1.33 bits per heavy atom. The summed E-state index contributed by atoms with van der Waals surface area (Å²) in [5.74, 6) is -0.513. The van der Waals surface area contributed by atoms with E-state index in [0.717, 1.165) is 6.42 Å². The van der Waals surface area contributed by atoms with Crippen LogP contribution in [0.15, 0.2) is 24.3 Å². The molecule has 0 aromatic heterocycles. The van der Waals surface area contributed by atoms with Gasteiger partial charge < -0.3 is 15.8 Å². The number of ether oxygens (including phenoxy) is 1. The zero-order chi connectivity index (χ0) is 16.0. The van der Waals surface area contributed by atoms with Gasteiger partial charge in [0.15, 0.2) is 0 Å². The molecule has 0 saturated carbocycles. The van der Waals surface area contributed by atoms with E-state index in [2.05, 4.69) is 10.1 Å². The first-order valence-electron chi connectivity index (χ1n) is 6.61. The molecule has 0 aliphatic rings. The van der Waals surface area contributed by atoms with Crippen LogP contribution in [-0.2, 0) is 11.3 Å². The third-order valence-electron chi connectivity index (χ3n) is 3.18. The summed E-state index contributed by atoms with van der Waals surface area (Å²) < 4.78 is 39.8. The molecule has 0 spiro atoms. The average molecular weight is 304 g/mol. The number of carbonyl (C=O) groups excluding carboxylic acids is 1. The molecule has 0 fully saturated rings. The largest absolute Gasteiger partial charge is 0.573 e. The monoisotopic (exact) mass is 304 g/mol. The number of hydrogen-bond donors (Lipinski definition) is 2. The van der Waals surface area contributed by atoms with Gasteiger partial charge in [-0.1, -0.05) is 32.4 Å². The molecule has 1 amide bonds. The molecule has 0 saturated heterocycles. The van der Waals surface area contributed by atoms with Gasteiger partial charge in [-0.05, 0) is 23.6 Å². The third-order valence-corrected chi connectivity index (χ3v) is 3.18. The Hall–Kier alpha value is -1.76. The van der Waals surface area contributed by atoms with E-state index in [1.807, 2.05) is 13.8 Å². The van der Waals surface area contributed by atoms with E-state index in [-0.39, 0.29) is 24.1 Å². The Bertz CT molecular complexity index is 460. The molecule has 0 bridgehead atoms. The fourth-order valence-corrected chi connectivity index (χ4v) is 1.63. The highest BCUT2D eigenvalue weighted by molar-refractivity contribution is 5.81. The molecule has 0 aliphatic heterocycles. The van der Waals surface area contributed by atoms with Crippen molar-refractivity contribution >= 4 is 5.91 Å². The third kappa shape index (κ3) is 6.03. The maximum absolute atomic E-state index is 12.0. The molecule has 3 N–H and O–H groups in total. The van der Waals surface area contributed by atoms with E-state index in [1.54, 1.807) is 0 Å². The lowest BCUT2D eigenvalue weighted by molar-refractivity contribution is -0.274. The number of rotatable bonds is 6. The summed E-state index contributed by atoms with van der Waals surface area (Å²) in [7, 11) is 0. The van der Waals surface area contributed by atoms with Crippen LogP contribution in [-0.4, -0.2) is 18.3 Å². The van der Waals surface area contributed by atoms with Crippen LogP contribution >= 0.6 is 0 Å². The van der Waals surface area contributed by atoms with Crippen molar-refractivity contribution in [2.75, 3.05) is 0 Å². The van der Waals surface area contributed by atoms with Crippen LogP contribution < -0.4 is 15.8 Å². The van der Waals surface area contributed by atoms with Crippen molar-refractivity contribution in [3.8, 4) is 5.75 Å². The van der Waals surface area contributed by atoms with Gasteiger partial charge in [-0.15, -0.1) is 13.2 Å². The minimum atomic E-state index is -4.71. The van der Waals surface area contributed by atoms with Gasteiger partial charge in [-0.25, -0.2) is 0 Å². The van der Waals surface area contributed by atoms with Crippen LogP contribution in [0.1, 0.15) is 25.8 Å². The molecule has 1 rings (SSSR count). The van der Waals surface area contributed by atoms with Crippen molar-refractivity contribution in [1.29, 1.82) is 0 Å². The Kier molecular flexibility index (Phi) is 6.02. The highest BCUT2D eigenvalue weighted by atomic mass is 19.4. The number of halogens is 3. The molecule has 0 aliphatic carbocycles. The highest BCUT2D eigenvalue weighted by Crippen LogP contribution is 2.22. The zero-order valence-corrected chi connectivity index (χ0v) is 11.9. The molecule has 1 aromatic rings. The van der Waals surface area contributed by atoms with Gasteiger partial charge in [0.2, 0.25) is 5.91 Å². The second kappa shape index (κ2) is 7.31. The lowest BCUT2D eigenvalue weighted by Crippen LogP contribution is -2.44. The van der Waals surface area contributed by atoms with E-state index in [4.69, 9.17) is 5.73 Å².